The van der Waals surface area contributed by atoms with E-state index in [-0.39, 0.29) is 12.2 Å². The fourth-order valence-corrected chi connectivity index (χ4v) is 2.30. The normalized spacial score (nSPS) is 11.2. The van der Waals surface area contributed by atoms with Gasteiger partial charge < -0.3 is 5.32 Å². The second-order valence-corrected chi connectivity index (χ2v) is 6.29. The lowest BCUT2D eigenvalue weighted by molar-refractivity contribution is -0.115. The van der Waals surface area contributed by atoms with Crippen molar-refractivity contribution in [1.82, 2.24) is 4.98 Å². The average molecular weight is 290 g/mol. The summed E-state index contributed by atoms with van der Waals surface area (Å²) in [4.78, 5) is 15.9. The van der Waals surface area contributed by atoms with Crippen LogP contribution >= 0.6 is 0 Å². The fraction of sp³-hybridized carbons (Fsp3) is 0.143. The van der Waals surface area contributed by atoms with Crippen LogP contribution < -0.4 is 5.32 Å². The second-order valence-electron chi connectivity index (χ2n) is 4.22. The molecular weight excluding hydrogens is 276 g/mol. The fourth-order valence-electron chi connectivity index (χ4n) is 1.66. The van der Waals surface area contributed by atoms with Crippen LogP contribution in [0.25, 0.3) is 10.9 Å². The topological polar surface area (TPSA) is 76.1 Å². The molecule has 1 amide bonds. The van der Waals surface area contributed by atoms with Gasteiger partial charge in [0.2, 0.25) is 5.91 Å². The number of amides is 1. The van der Waals surface area contributed by atoms with E-state index in [9.17, 15) is 13.2 Å². The molecule has 0 fully saturated rings. The average Bonchev–Trinajstić information content (AvgIpc) is 2.45. The molecule has 0 saturated carbocycles. The maximum absolute atomic E-state index is 11.7. The minimum absolute atomic E-state index is 0.122. The Morgan fingerprint density at radius 2 is 2.00 bits per heavy atom. The Labute approximate surface area is 117 Å². The van der Waals surface area contributed by atoms with Gasteiger partial charge in [0.25, 0.3) is 0 Å². The maximum atomic E-state index is 11.7. The van der Waals surface area contributed by atoms with E-state index in [4.69, 9.17) is 0 Å². The Balaban J connectivity index is 2.04. The van der Waals surface area contributed by atoms with Crippen molar-refractivity contribution in [1.29, 1.82) is 0 Å². The van der Waals surface area contributed by atoms with Gasteiger partial charge in [-0.15, -0.1) is 0 Å². The van der Waals surface area contributed by atoms with E-state index in [1.165, 1.54) is 0 Å². The van der Waals surface area contributed by atoms with E-state index in [1.54, 1.807) is 6.07 Å². The first-order valence-electron chi connectivity index (χ1n) is 6.01. The van der Waals surface area contributed by atoms with Gasteiger partial charge in [0.05, 0.1) is 11.3 Å². The minimum atomic E-state index is -3.36. The summed E-state index contributed by atoms with van der Waals surface area (Å²) in [5.74, 6) is -0.237. The van der Waals surface area contributed by atoms with Gasteiger partial charge >= 0.3 is 0 Å². The van der Waals surface area contributed by atoms with Crippen molar-refractivity contribution in [3.8, 4) is 0 Å². The zero-order valence-corrected chi connectivity index (χ0v) is 11.6. The van der Waals surface area contributed by atoms with Crippen LogP contribution in [-0.4, -0.2) is 25.1 Å². The molecule has 0 unspecified atom stereocenters. The van der Waals surface area contributed by atoms with E-state index >= 15 is 0 Å². The summed E-state index contributed by atoms with van der Waals surface area (Å²) < 4.78 is 22.4. The zero-order valence-electron chi connectivity index (χ0n) is 10.7. The number of anilines is 1. The van der Waals surface area contributed by atoms with Crippen molar-refractivity contribution >= 4 is 32.5 Å². The zero-order chi connectivity index (χ0) is 14.6. The molecule has 1 aromatic heterocycles. The number of para-hydroxylation sites is 1. The van der Waals surface area contributed by atoms with Crippen LogP contribution in [0.2, 0.25) is 0 Å². The van der Waals surface area contributed by atoms with Gasteiger partial charge in [-0.3, -0.25) is 4.79 Å². The number of hydrogen-bond donors (Lipinski definition) is 1. The molecule has 0 saturated heterocycles. The molecule has 6 heteroatoms. The monoisotopic (exact) mass is 290 g/mol. The Morgan fingerprint density at radius 1 is 1.25 bits per heavy atom. The molecule has 5 nitrogen and oxygen atoms in total. The molecule has 0 spiro atoms. The largest absolute Gasteiger partial charge is 0.311 e. The van der Waals surface area contributed by atoms with Crippen LogP contribution in [0.15, 0.2) is 48.4 Å². The first-order valence-corrected chi connectivity index (χ1v) is 7.72. The molecule has 0 radical (unpaired) electrons. The van der Waals surface area contributed by atoms with Gasteiger partial charge in [-0.05, 0) is 18.2 Å². The third-order valence-electron chi connectivity index (χ3n) is 2.73. The molecule has 0 aliphatic heterocycles. The first kappa shape index (κ1) is 14.2. The highest BCUT2D eigenvalue weighted by molar-refractivity contribution is 7.94. The Kier molecular flexibility index (Phi) is 4.14. The van der Waals surface area contributed by atoms with Crippen molar-refractivity contribution in [2.45, 2.75) is 6.42 Å². The number of hydrogen-bond acceptors (Lipinski definition) is 4. The summed E-state index contributed by atoms with van der Waals surface area (Å²) in [6, 6.07) is 11.1. The summed E-state index contributed by atoms with van der Waals surface area (Å²) in [5, 5.41) is 4.41. The first-order chi connectivity index (χ1) is 9.50. The number of fused-ring (bicyclic) bond motifs is 1. The summed E-state index contributed by atoms with van der Waals surface area (Å²) in [6.07, 6.45) is -0.122. The van der Waals surface area contributed by atoms with Gasteiger partial charge in [0.15, 0.2) is 9.84 Å². The lowest BCUT2D eigenvalue weighted by atomic mass is 10.2. The summed E-state index contributed by atoms with van der Waals surface area (Å²) >= 11 is 0. The number of carbonyl (C=O) groups is 1. The predicted molar refractivity (Wildman–Crippen MR) is 79.0 cm³/mol. The number of carbonyl (C=O) groups excluding carboxylic acids is 1. The van der Waals surface area contributed by atoms with Gasteiger partial charge in [-0.1, -0.05) is 24.8 Å². The number of pyridine rings is 1. The minimum Gasteiger partial charge on any atom is -0.311 e. The quantitative estimate of drug-likeness (QED) is 0.915. The molecule has 0 aliphatic carbocycles. The highest BCUT2D eigenvalue weighted by Gasteiger charge is 2.10. The SMILES string of the molecule is C=CS(=O)(=O)CCC(=O)Nc1ccc2ccccc2n1. The Morgan fingerprint density at radius 3 is 2.75 bits per heavy atom. The third kappa shape index (κ3) is 3.64. The summed E-state index contributed by atoms with van der Waals surface area (Å²) in [6.45, 7) is 3.20. The number of nitrogens with zero attached hydrogens (tertiary/aromatic N) is 1. The molecule has 1 heterocycles. The predicted octanol–water partition coefficient (Wildman–Crippen LogP) is 2.12. The van der Waals surface area contributed by atoms with E-state index in [2.05, 4.69) is 16.9 Å². The van der Waals surface area contributed by atoms with Crippen molar-refractivity contribution in [2.75, 3.05) is 11.1 Å². The van der Waals surface area contributed by atoms with E-state index in [0.717, 1.165) is 16.3 Å². The number of benzene rings is 1. The van der Waals surface area contributed by atoms with Crippen LogP contribution in [0.4, 0.5) is 5.82 Å². The highest BCUT2D eigenvalue weighted by atomic mass is 32.2. The van der Waals surface area contributed by atoms with Crippen molar-refractivity contribution in [3.63, 3.8) is 0 Å². The van der Waals surface area contributed by atoms with Crippen LogP contribution in [0.3, 0.4) is 0 Å². The molecule has 2 rings (SSSR count). The standard InChI is InChI=1S/C14H14N2O3S/c1-2-20(18,19)10-9-14(17)16-13-8-7-11-5-3-4-6-12(11)15-13/h2-8H,1,9-10H2,(H,15,16,17). The highest BCUT2D eigenvalue weighted by Crippen LogP contribution is 2.14. The maximum Gasteiger partial charge on any atom is 0.226 e. The van der Waals surface area contributed by atoms with Crippen molar-refractivity contribution < 1.29 is 13.2 Å². The second kappa shape index (κ2) is 5.83. The molecule has 20 heavy (non-hydrogen) atoms. The Bertz CT molecular complexity index is 754. The van der Waals surface area contributed by atoms with Crippen molar-refractivity contribution in [3.05, 3.63) is 48.4 Å². The summed E-state index contributed by atoms with van der Waals surface area (Å²) in [7, 11) is -3.36. The third-order valence-corrected chi connectivity index (χ3v) is 4.01. The Hall–Kier alpha value is -2.21. The summed E-state index contributed by atoms with van der Waals surface area (Å²) in [5.41, 5.74) is 0.768. The van der Waals surface area contributed by atoms with Crippen LogP contribution in [-0.2, 0) is 14.6 Å². The van der Waals surface area contributed by atoms with Crippen molar-refractivity contribution in [2.24, 2.45) is 0 Å². The van der Waals surface area contributed by atoms with Gasteiger partial charge in [-0.2, -0.15) is 0 Å². The molecule has 0 atom stereocenters. The molecule has 0 aliphatic rings. The van der Waals surface area contributed by atoms with Gasteiger partial charge in [0.1, 0.15) is 5.82 Å². The van der Waals surface area contributed by atoms with Crippen LogP contribution in [0, 0.1) is 0 Å². The van der Waals surface area contributed by atoms with E-state index < -0.39 is 15.7 Å². The van der Waals surface area contributed by atoms with Gasteiger partial charge in [-0.25, -0.2) is 13.4 Å². The molecule has 0 bridgehead atoms. The number of rotatable bonds is 5. The lowest BCUT2D eigenvalue weighted by Crippen LogP contribution is -2.16. The van der Waals surface area contributed by atoms with Crippen LogP contribution in [0.1, 0.15) is 6.42 Å². The smallest absolute Gasteiger partial charge is 0.226 e. The molecule has 1 aromatic carbocycles. The number of sulfone groups is 1. The molecule has 1 N–H and O–H groups in total. The number of nitrogens with one attached hydrogen (secondary N) is 1. The molecule has 104 valence electrons. The lowest BCUT2D eigenvalue weighted by Gasteiger charge is -2.05. The molecule has 2 aromatic rings. The van der Waals surface area contributed by atoms with E-state index in [0.29, 0.717) is 5.82 Å². The molecular formula is C14H14N2O3S. The van der Waals surface area contributed by atoms with Gasteiger partial charge in [0, 0.05) is 17.2 Å². The number of aromatic nitrogens is 1. The van der Waals surface area contributed by atoms with E-state index in [1.807, 2.05) is 30.3 Å². The van der Waals surface area contributed by atoms with Crippen LogP contribution in [0.5, 0.6) is 0 Å².